The molecule has 0 radical (unpaired) electrons. The molecule has 486 valence electrons. The van der Waals surface area contributed by atoms with Crippen LogP contribution < -0.4 is 9.47 Å². The fourth-order valence-corrected chi connectivity index (χ4v) is 13.2. The number of benzene rings is 3. The maximum Gasteiger partial charge on any atom is 0.417 e. The van der Waals surface area contributed by atoms with Gasteiger partial charge in [0.1, 0.15) is 41.0 Å². The van der Waals surface area contributed by atoms with Crippen molar-refractivity contribution in [1.29, 1.82) is 0 Å². The van der Waals surface area contributed by atoms with Crippen LogP contribution in [0.2, 0.25) is 25.1 Å². The van der Waals surface area contributed by atoms with Crippen LogP contribution in [0.25, 0.3) is 34.6 Å². The van der Waals surface area contributed by atoms with E-state index in [9.17, 15) is 40.7 Å². The molecule has 23 nitrogen and oxygen atoms in total. The lowest BCUT2D eigenvalue weighted by molar-refractivity contribution is -0.137. The van der Waals surface area contributed by atoms with E-state index in [0.717, 1.165) is 36.3 Å². The number of morpholine rings is 3. The molecule has 6 aliphatic rings. The monoisotopic (exact) mass is 1390 g/mol. The normalized spacial score (nSPS) is 19.9. The van der Waals surface area contributed by atoms with Crippen molar-refractivity contribution in [3.8, 4) is 46.1 Å². The largest absolute Gasteiger partial charge is 0.494 e. The average Bonchev–Trinajstić information content (AvgIpc) is 1.47. The quantitative estimate of drug-likeness (QED) is 0.101. The number of carbonyl (C=O) groups excluding carboxylic acids is 3. The van der Waals surface area contributed by atoms with E-state index in [1.54, 1.807) is 38.8 Å². The molecule has 3 aromatic carbocycles. The molecule has 34 heteroatoms. The predicted molar refractivity (Wildman–Crippen MR) is 323 cm³/mol. The first kappa shape index (κ1) is 64.2. The molecule has 94 heavy (non-hydrogen) atoms. The van der Waals surface area contributed by atoms with Gasteiger partial charge in [0.2, 0.25) is 0 Å². The number of rotatable bonds is 8. The second-order valence-corrected chi connectivity index (χ2v) is 23.8. The van der Waals surface area contributed by atoms with Gasteiger partial charge in [0.05, 0.1) is 132 Å². The number of hydrogen-bond donors (Lipinski definition) is 0. The van der Waals surface area contributed by atoms with E-state index in [1.165, 1.54) is 43.4 Å². The molecule has 0 aliphatic carbocycles. The van der Waals surface area contributed by atoms with Gasteiger partial charge in [0, 0.05) is 38.0 Å². The Morgan fingerprint density at radius 3 is 1.35 bits per heavy atom. The van der Waals surface area contributed by atoms with Gasteiger partial charge >= 0.3 is 6.18 Å². The van der Waals surface area contributed by atoms with Gasteiger partial charge in [0.25, 0.3) is 17.7 Å². The fraction of sp³-hybridized carbons (Fsp3) is 0.300. The van der Waals surface area contributed by atoms with E-state index in [-0.39, 0.29) is 94.7 Å². The van der Waals surface area contributed by atoms with Gasteiger partial charge in [0.15, 0.2) is 58.1 Å². The van der Waals surface area contributed by atoms with Crippen LogP contribution in [0.15, 0.2) is 97.5 Å². The number of pyridine rings is 3. The highest BCUT2D eigenvalue weighted by Gasteiger charge is 2.48. The van der Waals surface area contributed by atoms with Crippen molar-refractivity contribution < 1.29 is 64.4 Å². The second-order valence-electron chi connectivity index (χ2n) is 21.8. The third-order valence-corrected chi connectivity index (χ3v) is 18.6. The zero-order valence-corrected chi connectivity index (χ0v) is 52.5. The van der Waals surface area contributed by atoms with Crippen LogP contribution in [0.4, 0.5) is 26.3 Å². The summed E-state index contributed by atoms with van der Waals surface area (Å²) in [5.74, 6) is -0.171. The number of hydrogen-bond acceptors (Lipinski definition) is 17. The molecule has 12 heterocycles. The van der Waals surface area contributed by atoms with Crippen molar-refractivity contribution in [1.82, 2.24) is 73.9 Å². The minimum absolute atomic E-state index is 0.0160. The second kappa shape index (κ2) is 26.0. The number of ether oxygens (including phenoxy) is 5. The van der Waals surface area contributed by atoms with Crippen molar-refractivity contribution in [2.75, 3.05) is 53.9 Å². The zero-order chi connectivity index (χ0) is 66.0. The topological polar surface area (TPSA) is 238 Å². The van der Waals surface area contributed by atoms with Crippen molar-refractivity contribution in [2.45, 2.75) is 62.1 Å². The fourth-order valence-electron chi connectivity index (χ4n) is 12.1. The van der Waals surface area contributed by atoms with E-state index < -0.39 is 64.2 Å². The molecule has 6 aliphatic heterocycles. The molecular formula is C60H46Cl5F6N15O8. The highest BCUT2D eigenvalue weighted by atomic mass is 35.5. The summed E-state index contributed by atoms with van der Waals surface area (Å²) in [5, 5.41) is 25.0. The molecule has 0 saturated carbocycles. The number of aromatic nitrogens is 12. The van der Waals surface area contributed by atoms with Crippen LogP contribution >= 0.6 is 58.0 Å². The SMILES string of the molecule is COc1cc(-c2nnc3n2C[C@@H]2COC[C@H]3N2C(=O)c2ccc(F)c(Cl)c2Cl)ncc1F.COc1cc(-c2nnc3n2C[C@@H]2COC[C@H]3N2C(=O)c2cccc(C(F)(F)F)c2Cl)ncc1F.O=C(c1cccc(Cl)c1Cl)N1[C@H]2COC[C@@H]1c1nnc(-c3ccccn3)n1C2. The van der Waals surface area contributed by atoms with E-state index in [0.29, 0.717) is 83.2 Å². The Morgan fingerprint density at radius 1 is 0.479 bits per heavy atom. The van der Waals surface area contributed by atoms with E-state index in [2.05, 4.69) is 45.5 Å². The Kier molecular flexibility index (Phi) is 17.7. The first-order valence-corrected chi connectivity index (χ1v) is 30.4. The molecule has 15 rings (SSSR count). The predicted octanol–water partition coefficient (Wildman–Crippen LogP) is 10.5. The first-order valence-electron chi connectivity index (χ1n) is 28.5. The zero-order valence-electron chi connectivity index (χ0n) is 48.7. The van der Waals surface area contributed by atoms with Gasteiger partial charge in [-0.1, -0.05) is 76.2 Å². The molecule has 3 saturated heterocycles. The maximum absolute atomic E-state index is 13.8. The Labute approximate surface area is 553 Å². The molecule has 0 unspecified atom stereocenters. The molecular weight excluding hydrogens is 1350 g/mol. The number of carbonyl (C=O) groups is 3. The van der Waals surface area contributed by atoms with Crippen LogP contribution in [0.1, 0.15) is 72.2 Å². The van der Waals surface area contributed by atoms with Gasteiger partial charge in [-0.2, -0.15) is 13.2 Å². The number of alkyl halides is 3. The number of halogens is 11. The number of methoxy groups -OCH3 is 2. The van der Waals surface area contributed by atoms with Crippen LogP contribution in [-0.4, -0.2) is 164 Å². The number of amides is 3. The Hall–Kier alpha value is -8.55. The summed E-state index contributed by atoms with van der Waals surface area (Å²) >= 11 is 30.5. The molecule has 6 aromatic heterocycles. The minimum Gasteiger partial charge on any atom is -0.494 e. The smallest absolute Gasteiger partial charge is 0.417 e. The lowest BCUT2D eigenvalue weighted by Crippen LogP contribution is -2.56. The van der Waals surface area contributed by atoms with Gasteiger partial charge in [-0.25, -0.2) is 23.1 Å². The van der Waals surface area contributed by atoms with Crippen molar-refractivity contribution in [3.05, 3.63) is 180 Å². The van der Waals surface area contributed by atoms with Crippen LogP contribution in [0.3, 0.4) is 0 Å². The molecule has 6 atom stereocenters. The molecule has 3 fully saturated rings. The van der Waals surface area contributed by atoms with Crippen molar-refractivity contribution in [2.24, 2.45) is 0 Å². The van der Waals surface area contributed by atoms with Crippen molar-refractivity contribution >= 4 is 75.7 Å². The number of nitrogens with zero attached hydrogens (tertiary/aromatic N) is 15. The highest BCUT2D eigenvalue weighted by Crippen LogP contribution is 2.43. The highest BCUT2D eigenvalue weighted by molar-refractivity contribution is 6.44. The van der Waals surface area contributed by atoms with Crippen molar-refractivity contribution in [3.63, 3.8) is 0 Å². The van der Waals surface area contributed by atoms with E-state index in [1.807, 2.05) is 27.3 Å². The lowest BCUT2D eigenvalue weighted by Gasteiger charge is -2.45. The third-order valence-electron chi connectivity index (χ3n) is 16.5. The van der Waals surface area contributed by atoms with Gasteiger partial charge in [-0.15, -0.1) is 30.6 Å². The molecule has 0 spiro atoms. The summed E-state index contributed by atoms with van der Waals surface area (Å²) in [6.45, 7) is 2.48. The Bertz CT molecular complexity index is 4460. The average molecular weight is 1400 g/mol. The van der Waals surface area contributed by atoms with Crippen LogP contribution in [0, 0.1) is 17.5 Å². The van der Waals surface area contributed by atoms with Crippen LogP contribution in [-0.2, 0) is 40.0 Å². The standard InChI is InChI=1S/C21H16ClF4N5O3.C20H15Cl2F2N5O3.C19H15Cl2N5O2/c1-33-16-5-14(27-6-13(16)23)18-28-29-19-15-9-34-8-10(7-30(18)19)31(15)20(32)11-3-2-4-12(17(11)22)21(24,25)26;1-31-15-4-13(25-5-12(15)24)18-26-27-19-14-8-32-7-9(6-28(18)19)29(14)20(30)10-2-3-11(23)17(22)16(10)21;20-13-5-3-4-12(16(13)21)19(27)26-11-8-25-17(14-6-1-2-7-22-14)23-24-18(25)15(26)10-28-9-11/h2-6,10,15H,7-9H2,1H3;2-5,9,14H,6-8H2,1H3;1-7,11,15H,8-10H2/t10-,15-;9-,14-;11-,15-/m111/s1. The maximum atomic E-state index is 13.8. The summed E-state index contributed by atoms with van der Waals surface area (Å²) in [5.41, 5.74) is 0.576. The summed E-state index contributed by atoms with van der Waals surface area (Å²) in [6, 6.07) is 16.5. The van der Waals surface area contributed by atoms with E-state index in [4.69, 9.17) is 81.7 Å². The summed E-state index contributed by atoms with van der Waals surface area (Å²) in [7, 11) is 2.69. The molecule has 0 N–H and O–H groups in total. The van der Waals surface area contributed by atoms with Gasteiger partial charge in [-0.3, -0.25) is 19.4 Å². The lowest BCUT2D eigenvalue weighted by atomic mass is 10.0. The van der Waals surface area contributed by atoms with Crippen LogP contribution in [0.5, 0.6) is 11.5 Å². The summed E-state index contributed by atoms with van der Waals surface area (Å²) in [4.78, 5) is 57.5. The minimum atomic E-state index is -4.70. The molecule has 6 bridgehead atoms. The van der Waals surface area contributed by atoms with E-state index >= 15 is 0 Å². The first-order chi connectivity index (χ1) is 45.3. The Balaban J connectivity index is 0.000000129. The Morgan fingerprint density at radius 2 is 0.915 bits per heavy atom. The summed E-state index contributed by atoms with van der Waals surface area (Å²) in [6.07, 6.45) is -0.917. The summed E-state index contributed by atoms with van der Waals surface area (Å²) < 4.78 is 114. The third kappa shape index (κ3) is 11.6. The molecule has 9 aromatic rings. The molecule has 3 amide bonds. The number of fused-ring (bicyclic) bond motifs is 12. The van der Waals surface area contributed by atoms with Gasteiger partial charge in [-0.05, 0) is 48.5 Å². The van der Waals surface area contributed by atoms with Gasteiger partial charge < -0.3 is 52.1 Å².